The molecule has 0 aromatic heterocycles. The van der Waals surface area contributed by atoms with Crippen LogP contribution < -0.4 is 5.32 Å². The van der Waals surface area contributed by atoms with Crippen molar-refractivity contribution in [2.45, 2.75) is 6.17 Å². The van der Waals surface area contributed by atoms with Crippen molar-refractivity contribution in [1.82, 2.24) is 10.2 Å². The predicted molar refractivity (Wildman–Crippen MR) is 31.2 cm³/mol. The summed E-state index contributed by atoms with van der Waals surface area (Å²) in [4.78, 5) is 32.1. The molecule has 1 fully saturated rings. The Hall–Kier alpha value is -1.46. The molecule has 11 heavy (non-hydrogen) atoms. The first-order valence-corrected chi connectivity index (χ1v) is 2.80. The Morgan fingerprint density at radius 3 is 2.55 bits per heavy atom. The number of rotatable bonds is 0. The molecule has 0 saturated carbocycles. The van der Waals surface area contributed by atoms with Gasteiger partial charge in [-0.05, 0) is 0 Å². The number of nitrogens with zero attached hydrogens (tertiary/aromatic N) is 1. The largest absolute Gasteiger partial charge is 0.330 e. The Kier molecular flexibility index (Phi) is 1.60. The molecule has 1 aliphatic heterocycles. The Balaban J connectivity index is 2.87. The van der Waals surface area contributed by atoms with Gasteiger partial charge in [0, 0.05) is 7.05 Å². The molecular weight excluding hydrogens is 155 g/mol. The first-order valence-electron chi connectivity index (χ1n) is 2.80. The number of barbiturate groups is 1. The van der Waals surface area contributed by atoms with Gasteiger partial charge in [-0.2, -0.15) is 0 Å². The van der Waals surface area contributed by atoms with Crippen LogP contribution in [-0.2, 0) is 9.59 Å². The van der Waals surface area contributed by atoms with Crippen molar-refractivity contribution in [1.29, 1.82) is 0 Å². The van der Waals surface area contributed by atoms with Gasteiger partial charge in [0.25, 0.3) is 18.0 Å². The smallest absolute Gasteiger partial charge is 0.275 e. The average Bonchev–Trinajstić information content (AvgIpc) is 1.97. The van der Waals surface area contributed by atoms with E-state index in [0.29, 0.717) is 4.90 Å². The minimum absolute atomic E-state index is 0.520. The molecule has 1 unspecified atom stereocenters. The van der Waals surface area contributed by atoms with Crippen LogP contribution in [-0.4, -0.2) is 36.0 Å². The number of hydrogen-bond donors (Lipinski definition) is 1. The van der Waals surface area contributed by atoms with Gasteiger partial charge in [0.1, 0.15) is 0 Å². The van der Waals surface area contributed by atoms with E-state index in [1.807, 2.05) is 0 Å². The lowest BCUT2D eigenvalue weighted by Crippen LogP contribution is -2.57. The monoisotopic (exact) mass is 160 g/mol. The van der Waals surface area contributed by atoms with Gasteiger partial charge >= 0.3 is 6.03 Å². The third-order valence-corrected chi connectivity index (χ3v) is 1.31. The first kappa shape index (κ1) is 7.64. The van der Waals surface area contributed by atoms with E-state index in [1.54, 1.807) is 5.32 Å². The number of hydrogen-bond acceptors (Lipinski definition) is 3. The lowest BCUT2D eigenvalue weighted by molar-refractivity contribution is -0.142. The molecule has 1 rings (SSSR count). The van der Waals surface area contributed by atoms with Gasteiger partial charge in [-0.15, -0.1) is 0 Å². The molecule has 4 amide bonds. The summed E-state index contributed by atoms with van der Waals surface area (Å²) in [5.74, 6) is -2.32. The molecule has 0 aromatic carbocycles. The molecular formula is C5H5FN2O3. The Morgan fingerprint density at radius 2 is 2.00 bits per heavy atom. The third-order valence-electron chi connectivity index (χ3n) is 1.31. The zero-order chi connectivity index (χ0) is 8.59. The van der Waals surface area contributed by atoms with Crippen LogP contribution in [0.4, 0.5) is 9.18 Å². The SMILES string of the molecule is CN1C(=O)NC(=O)C(F)C1=O. The average molecular weight is 160 g/mol. The van der Waals surface area contributed by atoms with Crippen molar-refractivity contribution >= 4 is 17.8 Å². The highest BCUT2D eigenvalue weighted by molar-refractivity contribution is 6.17. The maximum absolute atomic E-state index is 12.4. The Morgan fingerprint density at radius 1 is 1.45 bits per heavy atom. The molecule has 0 aromatic rings. The van der Waals surface area contributed by atoms with Crippen molar-refractivity contribution in [2.24, 2.45) is 0 Å². The number of amides is 4. The lowest BCUT2D eigenvalue weighted by atomic mass is 10.3. The van der Waals surface area contributed by atoms with Crippen LogP contribution in [0.25, 0.3) is 0 Å². The quantitative estimate of drug-likeness (QED) is 0.464. The van der Waals surface area contributed by atoms with Crippen LogP contribution in [0.5, 0.6) is 0 Å². The van der Waals surface area contributed by atoms with Gasteiger partial charge in [-0.1, -0.05) is 0 Å². The molecule has 0 radical (unpaired) electrons. The fourth-order valence-electron chi connectivity index (χ4n) is 0.635. The molecule has 1 saturated heterocycles. The summed E-state index contributed by atoms with van der Waals surface area (Å²) < 4.78 is 12.4. The summed E-state index contributed by atoms with van der Waals surface area (Å²) in [6.45, 7) is 0. The standard InChI is InChI=1S/C5H5FN2O3/c1-8-4(10)2(6)3(9)7-5(8)11/h2H,1H3,(H,7,9,11). The summed E-state index contributed by atoms with van der Waals surface area (Å²) in [5, 5.41) is 1.66. The van der Waals surface area contributed by atoms with Crippen molar-refractivity contribution < 1.29 is 18.8 Å². The van der Waals surface area contributed by atoms with Crippen molar-refractivity contribution in [3.8, 4) is 0 Å². The molecule has 1 heterocycles. The van der Waals surface area contributed by atoms with Gasteiger partial charge in [0.2, 0.25) is 0 Å². The van der Waals surface area contributed by atoms with E-state index in [9.17, 15) is 18.8 Å². The van der Waals surface area contributed by atoms with Gasteiger partial charge in [0.15, 0.2) is 0 Å². The topological polar surface area (TPSA) is 66.5 Å². The zero-order valence-electron chi connectivity index (χ0n) is 5.63. The fraction of sp³-hybridized carbons (Fsp3) is 0.400. The van der Waals surface area contributed by atoms with Gasteiger partial charge in [-0.25, -0.2) is 9.18 Å². The minimum atomic E-state index is -2.25. The van der Waals surface area contributed by atoms with Crippen molar-refractivity contribution in [3.05, 3.63) is 0 Å². The summed E-state index contributed by atoms with van der Waals surface area (Å²) in [6, 6.07) is -0.895. The molecule has 5 nitrogen and oxygen atoms in total. The Bertz CT molecular complexity index is 218. The van der Waals surface area contributed by atoms with Crippen LogP contribution in [0.3, 0.4) is 0 Å². The first-order chi connectivity index (χ1) is 5.04. The zero-order valence-corrected chi connectivity index (χ0v) is 5.63. The molecule has 0 aliphatic carbocycles. The van der Waals surface area contributed by atoms with Crippen LogP contribution in [0.1, 0.15) is 0 Å². The number of carbonyl (C=O) groups excluding carboxylic acids is 3. The van der Waals surface area contributed by atoms with E-state index in [1.165, 1.54) is 0 Å². The van der Waals surface area contributed by atoms with Gasteiger partial charge < -0.3 is 0 Å². The van der Waals surface area contributed by atoms with E-state index in [0.717, 1.165) is 7.05 Å². The summed E-state index contributed by atoms with van der Waals surface area (Å²) in [6.07, 6.45) is -2.25. The number of urea groups is 1. The highest BCUT2D eigenvalue weighted by atomic mass is 19.1. The molecule has 1 N–H and O–H groups in total. The maximum Gasteiger partial charge on any atom is 0.330 e. The minimum Gasteiger partial charge on any atom is -0.275 e. The number of imide groups is 2. The highest BCUT2D eigenvalue weighted by Gasteiger charge is 2.38. The van der Waals surface area contributed by atoms with E-state index in [2.05, 4.69) is 0 Å². The number of carbonyl (C=O) groups is 3. The number of halogens is 1. The third kappa shape index (κ3) is 1.06. The summed E-state index contributed by atoms with van der Waals surface area (Å²) >= 11 is 0. The second-order valence-electron chi connectivity index (χ2n) is 2.05. The van der Waals surface area contributed by atoms with Crippen LogP contribution in [0.2, 0.25) is 0 Å². The number of alkyl halides is 1. The lowest BCUT2D eigenvalue weighted by Gasteiger charge is -2.22. The molecule has 1 aliphatic rings. The van der Waals surface area contributed by atoms with E-state index in [4.69, 9.17) is 0 Å². The second kappa shape index (κ2) is 2.30. The normalized spacial score (nSPS) is 25.5. The summed E-state index contributed by atoms with van der Waals surface area (Å²) in [7, 11) is 1.09. The number of nitrogens with one attached hydrogen (secondary N) is 1. The van der Waals surface area contributed by atoms with Crippen LogP contribution in [0.15, 0.2) is 0 Å². The Labute approximate surface area is 61.2 Å². The van der Waals surface area contributed by atoms with Crippen LogP contribution in [0, 0.1) is 0 Å². The summed E-state index contributed by atoms with van der Waals surface area (Å²) in [5.41, 5.74) is 0. The second-order valence-corrected chi connectivity index (χ2v) is 2.05. The van der Waals surface area contributed by atoms with Crippen molar-refractivity contribution in [2.75, 3.05) is 7.05 Å². The van der Waals surface area contributed by atoms with Gasteiger partial charge in [0.05, 0.1) is 0 Å². The molecule has 6 heteroatoms. The van der Waals surface area contributed by atoms with Crippen LogP contribution >= 0.6 is 0 Å². The molecule has 1 atom stereocenters. The maximum atomic E-state index is 12.4. The molecule has 0 bridgehead atoms. The van der Waals surface area contributed by atoms with Gasteiger partial charge in [-0.3, -0.25) is 19.8 Å². The predicted octanol–water partition coefficient (Wildman–Crippen LogP) is -0.967. The molecule has 0 spiro atoms. The fourth-order valence-corrected chi connectivity index (χ4v) is 0.635. The van der Waals surface area contributed by atoms with Crippen molar-refractivity contribution in [3.63, 3.8) is 0 Å². The van der Waals surface area contributed by atoms with E-state index >= 15 is 0 Å². The van der Waals surface area contributed by atoms with E-state index < -0.39 is 24.0 Å². The molecule has 60 valence electrons. The van der Waals surface area contributed by atoms with E-state index in [-0.39, 0.29) is 0 Å². The highest BCUT2D eigenvalue weighted by Crippen LogP contribution is 2.03.